The summed E-state index contributed by atoms with van der Waals surface area (Å²) >= 11 is 0. The normalized spacial score (nSPS) is 16.8. The van der Waals surface area contributed by atoms with Crippen molar-refractivity contribution in [1.82, 2.24) is 0 Å². The molecule has 3 heteroatoms. The maximum absolute atomic E-state index is 12.4. The molecule has 0 amide bonds. The van der Waals surface area contributed by atoms with Gasteiger partial charge >= 0.3 is 6.18 Å². The third-order valence-electron chi connectivity index (χ3n) is 14.1. The van der Waals surface area contributed by atoms with Crippen molar-refractivity contribution in [2.45, 2.75) is 344 Å². The van der Waals surface area contributed by atoms with E-state index in [1.54, 1.807) is 6.92 Å². The van der Waals surface area contributed by atoms with Crippen LogP contribution in [0.5, 0.6) is 0 Å². The predicted molar refractivity (Wildman–Crippen MR) is 315 cm³/mol. The van der Waals surface area contributed by atoms with E-state index in [-0.39, 0.29) is 17.3 Å². The third-order valence-corrected chi connectivity index (χ3v) is 14.1. The molecule has 2 rings (SSSR count). The first-order valence-corrected chi connectivity index (χ1v) is 29.0. The summed E-state index contributed by atoms with van der Waals surface area (Å²) in [7, 11) is 0. The summed E-state index contributed by atoms with van der Waals surface area (Å²) < 4.78 is 51.6. The van der Waals surface area contributed by atoms with Crippen LogP contribution in [0.2, 0.25) is 0 Å². The highest BCUT2D eigenvalue weighted by molar-refractivity contribution is 4.85. The van der Waals surface area contributed by atoms with Crippen molar-refractivity contribution < 1.29 is 15.9 Å². The zero-order chi connectivity index (χ0) is 58.3. The highest BCUT2D eigenvalue weighted by Crippen LogP contribution is 2.46. The largest absolute Gasteiger partial charge is 0.393 e. The Balaban J connectivity index is -0.000000241. The minimum Gasteiger partial charge on any atom is -0.171 e. The van der Waals surface area contributed by atoms with Crippen LogP contribution in [0.4, 0.5) is 13.2 Å². The second-order valence-corrected chi connectivity index (χ2v) is 32.2. The van der Waals surface area contributed by atoms with Gasteiger partial charge in [0.25, 0.3) is 0 Å². The Morgan fingerprint density at radius 2 is 0.667 bits per heavy atom. The smallest absolute Gasteiger partial charge is 0.171 e. The van der Waals surface area contributed by atoms with Crippen LogP contribution in [-0.4, -0.2) is 6.18 Å². The average Bonchev–Trinajstić information content (AvgIpc) is 3.65. The third kappa shape index (κ3) is 48.5. The van der Waals surface area contributed by atoms with Crippen LogP contribution in [-0.2, 0) is 0 Å². The molecule has 0 spiro atoms. The first kappa shape index (κ1) is 73.0. The molecule has 0 aromatic heterocycles. The van der Waals surface area contributed by atoms with Gasteiger partial charge in [0.05, 0.1) is 5.41 Å². The first-order valence-electron chi connectivity index (χ1n) is 30.0. The Morgan fingerprint density at radius 1 is 0.406 bits per heavy atom. The lowest BCUT2D eigenvalue weighted by atomic mass is 9.64. The van der Waals surface area contributed by atoms with Gasteiger partial charge in [0.1, 0.15) is 0 Å². The summed E-state index contributed by atoms with van der Waals surface area (Å²) in [6, 6.07) is 0. The molecule has 69 heavy (non-hydrogen) atoms. The second-order valence-electron chi connectivity index (χ2n) is 32.2. The fourth-order valence-electron chi connectivity index (χ4n) is 11.4. The molecule has 0 atom stereocenters. The minimum atomic E-state index is -4.10. The SMILES string of the molecule is CC(C)(C)C1CCCC1.CC(C)(C)C1CCCCC1.CC(C)(C)CC(C)(C)C.CC(C)(C)CC(C)(C)C(F)(F)F.CC(C)CC(C)(C)C.CCC(CC)C(C(CC)CC)C(C)(C)C.[2H]C([2H])(C)C(C)(C)C. The topological polar surface area (TPSA) is 0 Å². The van der Waals surface area contributed by atoms with Crippen LogP contribution in [0.3, 0.4) is 0 Å². The molecular weight excluding hydrogens is 850 g/mol. The van der Waals surface area contributed by atoms with Gasteiger partial charge in [-0.3, -0.25) is 0 Å². The lowest BCUT2D eigenvalue weighted by Gasteiger charge is -2.42. The molecule has 2 saturated carbocycles. The van der Waals surface area contributed by atoms with E-state index in [0.717, 1.165) is 35.5 Å². The number of rotatable bonds is 8. The number of alkyl halides is 3. The fraction of sp³-hybridized carbons (Fsp3) is 1.00. The zero-order valence-electron chi connectivity index (χ0n) is 56.4. The monoisotopic (exact) mass is 991 g/mol. The Bertz CT molecular complexity index is 1200. The lowest BCUT2D eigenvalue weighted by molar-refractivity contribution is -0.220. The number of hydrogen-bond acceptors (Lipinski definition) is 0. The van der Waals surface area contributed by atoms with E-state index in [1.807, 2.05) is 41.5 Å². The fourth-order valence-corrected chi connectivity index (χ4v) is 11.4. The molecule has 0 bridgehead atoms. The number of hydrogen-bond donors (Lipinski definition) is 0. The molecule has 0 aromatic rings. The van der Waals surface area contributed by atoms with Gasteiger partial charge in [0.2, 0.25) is 0 Å². The minimum absolute atomic E-state index is 0.156. The summed E-state index contributed by atoms with van der Waals surface area (Å²) in [6.45, 7) is 71.3. The van der Waals surface area contributed by atoms with E-state index < -0.39 is 18.0 Å². The quantitative estimate of drug-likeness (QED) is 0.227. The Kier molecular flexibility index (Phi) is 35.6. The number of halogens is 3. The Hall–Kier alpha value is -0.210. The standard InChI is InChI=1S/C15H32.C10H20.C9H17F3.C9H18.C9H20.C8H18.C6H14/c1-8-12(9-2)14(15(5,6)7)13(10-3)11-4;1-10(2,3)9-7-5-4-6-8-9;1-7(2,3)6-8(4,5)9(10,11)12;1-9(2,3)8-6-4-5-7-8;1-8(2,3)7-9(4,5)6;1-7(2)6-8(3,4)5;1-5-6(2,3)4/h12-14H,8-11H2,1-7H3;9H,4-8H2,1-3H3;6H2,1-5H3;8H,4-7H2,1-3H3;7H2,1-6H3;7H,6H2,1-5H3;5H2,1-4H3/i;;;;;;5D2. The van der Waals surface area contributed by atoms with Gasteiger partial charge in [-0.05, 0) is 124 Å². The summed E-state index contributed by atoms with van der Waals surface area (Å²) in [4.78, 5) is 0. The van der Waals surface area contributed by atoms with Crippen molar-refractivity contribution in [2.75, 3.05) is 0 Å². The van der Waals surface area contributed by atoms with Crippen LogP contribution in [0.1, 0.15) is 340 Å². The van der Waals surface area contributed by atoms with Crippen molar-refractivity contribution >= 4 is 0 Å². The van der Waals surface area contributed by atoms with Crippen molar-refractivity contribution in [2.24, 2.45) is 84.2 Å². The molecule has 0 nitrogen and oxygen atoms in total. The molecule has 2 aliphatic rings. The van der Waals surface area contributed by atoms with Crippen molar-refractivity contribution in [1.29, 1.82) is 0 Å². The van der Waals surface area contributed by atoms with Gasteiger partial charge in [0, 0.05) is 2.74 Å². The zero-order valence-corrected chi connectivity index (χ0v) is 54.4. The van der Waals surface area contributed by atoms with Gasteiger partial charge in [-0.1, -0.05) is 293 Å². The molecule has 2 fully saturated rings. The molecule has 0 aromatic carbocycles. The van der Waals surface area contributed by atoms with Crippen LogP contribution < -0.4 is 0 Å². The van der Waals surface area contributed by atoms with E-state index in [9.17, 15) is 13.2 Å². The Morgan fingerprint density at radius 3 is 0.768 bits per heavy atom. The average molecular weight is 992 g/mol. The van der Waals surface area contributed by atoms with E-state index in [4.69, 9.17) is 2.74 Å². The molecular formula is C66H139F3. The molecule has 0 N–H and O–H groups in total. The Labute approximate surface area is 442 Å². The van der Waals surface area contributed by atoms with Crippen molar-refractivity contribution in [3.05, 3.63) is 0 Å². The van der Waals surface area contributed by atoms with E-state index in [0.29, 0.717) is 32.5 Å². The van der Waals surface area contributed by atoms with Crippen molar-refractivity contribution in [3.63, 3.8) is 0 Å². The van der Waals surface area contributed by atoms with Gasteiger partial charge < -0.3 is 0 Å². The first-order chi connectivity index (χ1) is 31.0. The molecule has 0 saturated heterocycles. The van der Waals surface area contributed by atoms with Gasteiger partial charge in [0.15, 0.2) is 0 Å². The van der Waals surface area contributed by atoms with Crippen LogP contribution in [0, 0.1) is 84.2 Å². The summed E-state index contributed by atoms with van der Waals surface area (Å²) in [6.07, 6.45) is 16.3. The van der Waals surface area contributed by atoms with Gasteiger partial charge in [-0.2, -0.15) is 13.2 Å². The van der Waals surface area contributed by atoms with Gasteiger partial charge in [-0.15, -0.1) is 0 Å². The van der Waals surface area contributed by atoms with Crippen LogP contribution in [0.15, 0.2) is 0 Å². The van der Waals surface area contributed by atoms with Gasteiger partial charge in [-0.25, -0.2) is 0 Å². The van der Waals surface area contributed by atoms with E-state index in [1.165, 1.54) is 110 Å². The molecule has 2 aliphatic carbocycles. The molecule has 0 aliphatic heterocycles. The molecule has 0 heterocycles. The van der Waals surface area contributed by atoms with E-state index in [2.05, 4.69) is 166 Å². The molecule has 0 radical (unpaired) electrons. The highest BCUT2D eigenvalue weighted by atomic mass is 19.4. The van der Waals surface area contributed by atoms with E-state index >= 15 is 0 Å². The van der Waals surface area contributed by atoms with Crippen molar-refractivity contribution in [3.8, 4) is 0 Å². The van der Waals surface area contributed by atoms with Crippen LogP contribution >= 0.6 is 0 Å². The predicted octanol–water partition coefficient (Wildman–Crippen LogP) is 25.4. The summed E-state index contributed by atoms with van der Waals surface area (Å²) in [5.74, 6) is 5.57. The molecule has 424 valence electrons. The highest BCUT2D eigenvalue weighted by Gasteiger charge is 2.48. The summed E-state index contributed by atoms with van der Waals surface area (Å²) in [5, 5.41) is 0. The lowest BCUT2D eigenvalue weighted by Crippen LogP contribution is -2.35. The maximum Gasteiger partial charge on any atom is 0.393 e. The molecule has 0 unspecified atom stereocenters. The maximum atomic E-state index is 12.4. The van der Waals surface area contributed by atoms with Crippen LogP contribution in [0.25, 0.3) is 0 Å². The second kappa shape index (κ2) is 33.7. The summed E-state index contributed by atoms with van der Waals surface area (Å²) in [5.41, 5.74) is 1.02.